The number of carbonyl (C=O) groups excluding carboxylic acids is 1. The molecule has 0 radical (unpaired) electrons. The van der Waals surface area contributed by atoms with Gasteiger partial charge in [0.15, 0.2) is 5.13 Å². The molecule has 1 aromatic carbocycles. The summed E-state index contributed by atoms with van der Waals surface area (Å²) in [6.07, 6.45) is 0. The minimum Gasteiger partial charge on any atom is -0.497 e. The summed E-state index contributed by atoms with van der Waals surface area (Å²) >= 11 is 1.33. The molecule has 152 valence electrons. The fourth-order valence-electron chi connectivity index (χ4n) is 2.58. The normalized spacial score (nSPS) is 11.2. The van der Waals surface area contributed by atoms with Crippen LogP contribution in [0.1, 0.15) is 42.5 Å². The number of methoxy groups -OCH3 is 1. The van der Waals surface area contributed by atoms with Crippen molar-refractivity contribution >= 4 is 28.1 Å². The molecular weight excluding hydrogens is 388 g/mol. The van der Waals surface area contributed by atoms with Gasteiger partial charge in [0.05, 0.1) is 7.11 Å². The Balaban J connectivity index is 1.61. The van der Waals surface area contributed by atoms with Crippen molar-refractivity contribution in [3.63, 3.8) is 0 Å². The van der Waals surface area contributed by atoms with Crippen LogP contribution >= 0.6 is 11.3 Å². The summed E-state index contributed by atoms with van der Waals surface area (Å²) < 4.78 is 5.13. The van der Waals surface area contributed by atoms with E-state index in [4.69, 9.17) is 4.74 Å². The van der Waals surface area contributed by atoms with Gasteiger partial charge in [-0.2, -0.15) is 0 Å². The smallest absolute Gasteiger partial charge is 0.271 e. The van der Waals surface area contributed by atoms with Crippen LogP contribution in [0.15, 0.2) is 46.6 Å². The highest BCUT2D eigenvalue weighted by Crippen LogP contribution is 2.23. The van der Waals surface area contributed by atoms with Gasteiger partial charge < -0.3 is 20.4 Å². The predicted molar refractivity (Wildman–Crippen MR) is 115 cm³/mol. The number of nitrogens with one attached hydrogen (secondary N) is 3. The highest BCUT2D eigenvalue weighted by atomic mass is 32.1. The third-order valence-corrected chi connectivity index (χ3v) is 5.07. The van der Waals surface area contributed by atoms with Crippen LogP contribution < -0.4 is 20.9 Å². The zero-order valence-electron chi connectivity index (χ0n) is 16.8. The quantitative estimate of drug-likeness (QED) is 0.572. The highest BCUT2D eigenvalue weighted by Gasteiger charge is 2.16. The van der Waals surface area contributed by atoms with E-state index in [2.05, 4.69) is 20.6 Å². The summed E-state index contributed by atoms with van der Waals surface area (Å²) in [5, 5.41) is 8.18. The van der Waals surface area contributed by atoms with Crippen LogP contribution in [0, 0.1) is 0 Å². The third-order valence-electron chi connectivity index (χ3n) is 4.32. The number of anilines is 2. The SMILES string of the molecule is COc1ccc(Nc2nc(C(=O)NCc3ccc(C(C)(C)C)[nH]c3=O)cs2)cc1. The van der Waals surface area contributed by atoms with Crippen molar-refractivity contribution in [2.75, 3.05) is 12.4 Å². The number of rotatable bonds is 6. The molecule has 3 N–H and O–H groups in total. The summed E-state index contributed by atoms with van der Waals surface area (Å²) in [5.41, 5.74) is 2.16. The Morgan fingerprint density at radius 1 is 1.17 bits per heavy atom. The molecular formula is C21H24N4O3S. The first-order valence-electron chi connectivity index (χ1n) is 9.14. The number of hydrogen-bond acceptors (Lipinski definition) is 6. The van der Waals surface area contributed by atoms with Crippen molar-refractivity contribution in [2.45, 2.75) is 32.7 Å². The number of amides is 1. The molecule has 1 amide bonds. The van der Waals surface area contributed by atoms with Crippen molar-refractivity contribution in [2.24, 2.45) is 0 Å². The zero-order valence-corrected chi connectivity index (χ0v) is 17.6. The van der Waals surface area contributed by atoms with Crippen molar-refractivity contribution in [3.8, 4) is 5.75 Å². The molecule has 0 unspecified atom stereocenters. The fourth-order valence-corrected chi connectivity index (χ4v) is 3.29. The lowest BCUT2D eigenvalue weighted by atomic mass is 9.91. The molecule has 0 aliphatic carbocycles. The van der Waals surface area contributed by atoms with E-state index < -0.39 is 0 Å². The zero-order chi connectivity index (χ0) is 21.0. The third kappa shape index (κ3) is 5.23. The van der Waals surface area contributed by atoms with E-state index in [-0.39, 0.29) is 23.4 Å². The molecule has 0 aliphatic heterocycles. The first kappa shape index (κ1) is 20.6. The predicted octanol–water partition coefficient (Wildman–Crippen LogP) is 3.81. The number of nitrogens with zero attached hydrogens (tertiary/aromatic N) is 1. The van der Waals surface area contributed by atoms with E-state index in [1.54, 1.807) is 18.6 Å². The standard InChI is InChI=1S/C21H24N4O3S/c1-21(2,3)17-10-5-13(18(26)25-17)11-22-19(27)16-12-29-20(24-16)23-14-6-8-15(28-4)9-7-14/h5-10,12H,11H2,1-4H3,(H,22,27)(H,23,24)(H,25,26). The number of pyridine rings is 1. The van der Waals surface area contributed by atoms with Crippen LogP contribution in [0.25, 0.3) is 0 Å². The Labute approximate surface area is 173 Å². The van der Waals surface area contributed by atoms with Gasteiger partial charge in [-0.3, -0.25) is 9.59 Å². The maximum absolute atomic E-state index is 12.4. The van der Waals surface area contributed by atoms with E-state index in [0.29, 0.717) is 16.4 Å². The van der Waals surface area contributed by atoms with Crippen molar-refractivity contribution in [3.05, 3.63) is 69.1 Å². The lowest BCUT2D eigenvalue weighted by molar-refractivity contribution is 0.0946. The van der Waals surface area contributed by atoms with E-state index >= 15 is 0 Å². The summed E-state index contributed by atoms with van der Waals surface area (Å²) in [7, 11) is 1.61. The van der Waals surface area contributed by atoms with Crippen LogP contribution in [0.3, 0.4) is 0 Å². The second-order valence-corrected chi connectivity index (χ2v) is 8.41. The minimum absolute atomic E-state index is 0.136. The number of benzene rings is 1. The summed E-state index contributed by atoms with van der Waals surface area (Å²) in [4.78, 5) is 31.8. The minimum atomic E-state index is -0.330. The second-order valence-electron chi connectivity index (χ2n) is 7.55. The molecule has 3 rings (SSSR count). The van der Waals surface area contributed by atoms with Crippen LogP contribution in [-0.2, 0) is 12.0 Å². The monoisotopic (exact) mass is 412 g/mol. The molecule has 0 atom stereocenters. The number of aromatic amines is 1. The van der Waals surface area contributed by atoms with Gasteiger partial charge >= 0.3 is 0 Å². The number of ether oxygens (including phenoxy) is 1. The van der Waals surface area contributed by atoms with Gasteiger partial charge in [0.25, 0.3) is 11.5 Å². The van der Waals surface area contributed by atoms with Crippen LogP contribution in [0.5, 0.6) is 5.75 Å². The van der Waals surface area contributed by atoms with Gasteiger partial charge in [-0.1, -0.05) is 20.8 Å². The largest absolute Gasteiger partial charge is 0.497 e. The number of hydrogen-bond donors (Lipinski definition) is 3. The molecule has 0 fully saturated rings. The van der Waals surface area contributed by atoms with E-state index in [1.807, 2.05) is 51.1 Å². The van der Waals surface area contributed by atoms with Gasteiger partial charge in [-0.25, -0.2) is 4.98 Å². The Morgan fingerprint density at radius 3 is 2.52 bits per heavy atom. The Kier molecular flexibility index (Phi) is 6.03. The van der Waals surface area contributed by atoms with Crippen LogP contribution in [0.2, 0.25) is 0 Å². The van der Waals surface area contributed by atoms with Gasteiger partial charge in [0, 0.05) is 34.3 Å². The van der Waals surface area contributed by atoms with Crippen molar-refractivity contribution in [1.29, 1.82) is 0 Å². The maximum atomic E-state index is 12.4. The van der Waals surface area contributed by atoms with Crippen molar-refractivity contribution in [1.82, 2.24) is 15.3 Å². The molecule has 0 saturated carbocycles. The first-order valence-corrected chi connectivity index (χ1v) is 10.0. The molecule has 7 nitrogen and oxygen atoms in total. The summed E-state index contributed by atoms with van der Waals surface area (Å²) in [6.45, 7) is 6.22. The molecule has 3 aromatic rings. The number of carbonyl (C=O) groups is 1. The van der Waals surface area contributed by atoms with Crippen molar-refractivity contribution < 1.29 is 9.53 Å². The van der Waals surface area contributed by atoms with Crippen LogP contribution in [0.4, 0.5) is 10.8 Å². The topological polar surface area (TPSA) is 96.1 Å². The highest BCUT2D eigenvalue weighted by molar-refractivity contribution is 7.14. The fraction of sp³-hybridized carbons (Fsp3) is 0.286. The van der Waals surface area contributed by atoms with E-state index in [9.17, 15) is 9.59 Å². The lowest BCUT2D eigenvalue weighted by Crippen LogP contribution is -2.28. The number of aromatic nitrogens is 2. The average Bonchev–Trinajstić information content (AvgIpc) is 3.15. The molecule has 0 spiro atoms. The van der Waals surface area contributed by atoms with Gasteiger partial charge in [0.1, 0.15) is 11.4 Å². The molecule has 8 heteroatoms. The summed E-state index contributed by atoms with van der Waals surface area (Å²) in [6, 6.07) is 11.0. The van der Waals surface area contributed by atoms with E-state index in [0.717, 1.165) is 17.1 Å². The van der Waals surface area contributed by atoms with E-state index in [1.165, 1.54) is 11.3 Å². The molecule has 29 heavy (non-hydrogen) atoms. The lowest BCUT2D eigenvalue weighted by Gasteiger charge is -2.18. The number of H-pyrrole nitrogens is 1. The summed E-state index contributed by atoms with van der Waals surface area (Å²) in [5.74, 6) is 0.434. The Morgan fingerprint density at radius 2 is 1.90 bits per heavy atom. The maximum Gasteiger partial charge on any atom is 0.271 e. The Bertz CT molecular complexity index is 1050. The van der Waals surface area contributed by atoms with Gasteiger partial charge in [0.2, 0.25) is 0 Å². The Hall–Kier alpha value is -3.13. The second kappa shape index (κ2) is 8.48. The van der Waals surface area contributed by atoms with Gasteiger partial charge in [-0.15, -0.1) is 11.3 Å². The average molecular weight is 413 g/mol. The first-order chi connectivity index (χ1) is 13.8. The molecule has 0 saturated heterocycles. The van der Waals surface area contributed by atoms with Crippen LogP contribution in [-0.4, -0.2) is 23.0 Å². The molecule has 0 aliphatic rings. The molecule has 0 bridgehead atoms. The molecule has 2 heterocycles. The molecule has 2 aromatic heterocycles. The number of thiazole rings is 1. The van der Waals surface area contributed by atoms with Gasteiger partial charge in [-0.05, 0) is 36.4 Å².